The Labute approximate surface area is 437 Å². The second-order valence-corrected chi connectivity index (χ2v) is 20.0. The van der Waals surface area contributed by atoms with Crippen LogP contribution in [0.4, 0.5) is 0 Å². The molecule has 4 heteroatoms. The van der Waals surface area contributed by atoms with Gasteiger partial charge in [-0.25, -0.2) is 0 Å². The van der Waals surface area contributed by atoms with Gasteiger partial charge in [-0.3, -0.25) is 0 Å². The van der Waals surface area contributed by atoms with Crippen LogP contribution in [0.3, 0.4) is 0 Å². The number of furan rings is 2. The number of hydrogen-bond acceptors (Lipinski definition) is 2. The molecule has 12 aromatic carbocycles. The van der Waals surface area contributed by atoms with Crippen molar-refractivity contribution in [3.63, 3.8) is 0 Å². The van der Waals surface area contributed by atoms with Gasteiger partial charge in [0.15, 0.2) is 0 Å². The van der Waals surface area contributed by atoms with Gasteiger partial charge < -0.3 is 18.0 Å². The Bertz CT molecular complexity index is 4640. The number of para-hydroxylation sites is 2. The summed E-state index contributed by atoms with van der Waals surface area (Å²) < 4.78 is 17.2. The van der Waals surface area contributed by atoms with Crippen molar-refractivity contribution < 1.29 is 8.83 Å². The predicted molar refractivity (Wildman–Crippen MR) is 317 cm³/mol. The molecule has 0 radical (unpaired) electrons. The quantitative estimate of drug-likeness (QED) is 0.160. The van der Waals surface area contributed by atoms with Gasteiger partial charge in [0, 0.05) is 54.5 Å². The van der Waals surface area contributed by atoms with E-state index in [-0.39, 0.29) is 0 Å². The van der Waals surface area contributed by atoms with Gasteiger partial charge in [-0.2, -0.15) is 0 Å². The lowest BCUT2D eigenvalue weighted by molar-refractivity contribution is 0.668. The molecule has 76 heavy (non-hydrogen) atoms. The maximum Gasteiger partial charge on any atom is 0.135 e. The minimum absolute atomic E-state index is 0.902. The standard InChI is InChI=1S/C72H44N2O2/c1-3-11-45(12-4-1)49-25-35-65-61(39-49)57-33-23-53(43-67(57)73(65)55-29-19-47(20-30-55)51-27-37-71-63(41-51)59-15-7-9-17-69(59)75-71)54-24-34-58-62-40-50(46-13-5-2-6-14-46)26-36-66(62)74(68(58)44-54)56-31-21-48(22-32-56)52-28-38-72-64(42-52)60-16-8-10-18-70(60)76-72/h1-44H. The molecular weight excluding hydrogens is 925 g/mol. The summed E-state index contributed by atoms with van der Waals surface area (Å²) in [4.78, 5) is 0. The second-order valence-electron chi connectivity index (χ2n) is 20.0. The zero-order valence-corrected chi connectivity index (χ0v) is 41.1. The predicted octanol–water partition coefficient (Wildman–Crippen LogP) is 20.0. The van der Waals surface area contributed by atoms with E-state index in [1.165, 1.54) is 43.8 Å². The molecular formula is C72H44N2O2. The van der Waals surface area contributed by atoms with Gasteiger partial charge >= 0.3 is 0 Å². The molecule has 0 N–H and O–H groups in total. The highest BCUT2D eigenvalue weighted by atomic mass is 16.3. The Morgan fingerprint density at radius 2 is 0.500 bits per heavy atom. The van der Waals surface area contributed by atoms with Crippen molar-refractivity contribution in [2.24, 2.45) is 0 Å². The van der Waals surface area contributed by atoms with Crippen molar-refractivity contribution >= 4 is 87.5 Å². The van der Waals surface area contributed by atoms with Crippen molar-refractivity contribution in [3.8, 4) is 67.0 Å². The van der Waals surface area contributed by atoms with Crippen LogP contribution in [-0.2, 0) is 0 Å². The summed E-state index contributed by atoms with van der Waals surface area (Å²) >= 11 is 0. The smallest absolute Gasteiger partial charge is 0.135 e. The van der Waals surface area contributed by atoms with Gasteiger partial charge in [0.1, 0.15) is 22.3 Å². The van der Waals surface area contributed by atoms with Crippen LogP contribution >= 0.6 is 0 Å². The maximum absolute atomic E-state index is 6.18. The van der Waals surface area contributed by atoms with Crippen LogP contribution < -0.4 is 0 Å². The summed E-state index contributed by atoms with van der Waals surface area (Å²) in [6.07, 6.45) is 0. The van der Waals surface area contributed by atoms with E-state index >= 15 is 0 Å². The molecule has 0 atom stereocenters. The van der Waals surface area contributed by atoms with Crippen LogP contribution in [-0.4, -0.2) is 9.13 Å². The Balaban J connectivity index is 0.843. The molecule has 4 nitrogen and oxygen atoms in total. The topological polar surface area (TPSA) is 36.1 Å². The molecule has 0 saturated carbocycles. The van der Waals surface area contributed by atoms with Gasteiger partial charge in [-0.15, -0.1) is 0 Å². The molecule has 0 bridgehead atoms. The fourth-order valence-corrected chi connectivity index (χ4v) is 12.0. The number of nitrogens with zero attached hydrogens (tertiary/aromatic N) is 2. The highest BCUT2D eigenvalue weighted by Crippen LogP contribution is 2.42. The third kappa shape index (κ3) is 6.71. The molecule has 16 aromatic rings. The first-order valence-corrected chi connectivity index (χ1v) is 26.0. The molecule has 0 aliphatic heterocycles. The van der Waals surface area contributed by atoms with Crippen molar-refractivity contribution in [1.29, 1.82) is 0 Å². The summed E-state index contributed by atoms with van der Waals surface area (Å²) in [6, 6.07) is 96.9. The normalized spacial score (nSPS) is 11.9. The Kier molecular flexibility index (Phi) is 9.30. The lowest BCUT2D eigenvalue weighted by atomic mass is 9.99. The van der Waals surface area contributed by atoms with E-state index in [4.69, 9.17) is 8.83 Å². The zero-order valence-electron chi connectivity index (χ0n) is 41.1. The van der Waals surface area contributed by atoms with Crippen molar-refractivity contribution in [1.82, 2.24) is 9.13 Å². The van der Waals surface area contributed by atoms with E-state index in [0.717, 1.165) is 111 Å². The average Bonchev–Trinajstić information content (AvgIpc) is 4.30. The summed E-state index contributed by atoms with van der Waals surface area (Å²) in [5.41, 5.74) is 22.2. The van der Waals surface area contributed by atoms with Crippen molar-refractivity contribution in [3.05, 3.63) is 267 Å². The maximum atomic E-state index is 6.18. The molecule has 354 valence electrons. The first-order valence-electron chi connectivity index (χ1n) is 26.0. The Morgan fingerprint density at radius 3 is 0.934 bits per heavy atom. The lowest BCUT2D eigenvalue weighted by Gasteiger charge is -2.12. The summed E-state index contributed by atoms with van der Waals surface area (Å²) in [6.45, 7) is 0. The van der Waals surface area contributed by atoms with E-state index in [2.05, 4.69) is 252 Å². The number of rotatable bonds is 7. The molecule has 0 unspecified atom stereocenters. The fraction of sp³-hybridized carbons (Fsp3) is 0. The molecule has 0 aliphatic carbocycles. The first kappa shape index (κ1) is 42.4. The highest BCUT2D eigenvalue weighted by molar-refractivity contribution is 6.14. The van der Waals surface area contributed by atoms with E-state index in [9.17, 15) is 0 Å². The van der Waals surface area contributed by atoms with Crippen LogP contribution in [0.15, 0.2) is 276 Å². The molecule has 0 amide bonds. The number of benzene rings is 12. The highest BCUT2D eigenvalue weighted by Gasteiger charge is 2.19. The van der Waals surface area contributed by atoms with E-state index in [1.807, 2.05) is 24.3 Å². The molecule has 0 fully saturated rings. The van der Waals surface area contributed by atoms with Crippen LogP contribution in [0.5, 0.6) is 0 Å². The number of aromatic nitrogens is 2. The van der Waals surface area contributed by atoms with Gasteiger partial charge in [-0.05, 0) is 153 Å². The minimum atomic E-state index is 0.902. The average molecular weight is 969 g/mol. The second kappa shape index (κ2) is 16.7. The van der Waals surface area contributed by atoms with Gasteiger partial charge in [-0.1, -0.05) is 170 Å². The number of fused-ring (bicyclic) bond motifs is 12. The monoisotopic (exact) mass is 968 g/mol. The third-order valence-electron chi connectivity index (χ3n) is 15.8. The summed E-state index contributed by atoms with van der Waals surface area (Å²) in [5.74, 6) is 0. The van der Waals surface area contributed by atoms with E-state index in [0.29, 0.717) is 0 Å². The van der Waals surface area contributed by atoms with Crippen LogP contribution in [0.2, 0.25) is 0 Å². The largest absolute Gasteiger partial charge is 0.456 e. The zero-order chi connectivity index (χ0) is 49.8. The molecule has 4 heterocycles. The minimum Gasteiger partial charge on any atom is -0.456 e. The van der Waals surface area contributed by atoms with E-state index < -0.39 is 0 Å². The SMILES string of the molecule is c1ccc(-c2ccc3c(c2)c2ccc(-c4ccc5c6cc(-c7ccccc7)ccc6n(-c6ccc(-c7ccc8oc9ccccc9c8c7)cc6)c5c4)cc2n3-c2ccc(-c3ccc4oc5ccccc5c4c3)cc2)cc1. The van der Waals surface area contributed by atoms with Crippen LogP contribution in [0.25, 0.3) is 154 Å². The van der Waals surface area contributed by atoms with Crippen LogP contribution in [0.1, 0.15) is 0 Å². The Morgan fingerprint density at radius 1 is 0.184 bits per heavy atom. The third-order valence-corrected chi connectivity index (χ3v) is 15.8. The summed E-state index contributed by atoms with van der Waals surface area (Å²) in [7, 11) is 0. The van der Waals surface area contributed by atoms with Crippen molar-refractivity contribution in [2.75, 3.05) is 0 Å². The molecule has 4 aromatic heterocycles. The van der Waals surface area contributed by atoms with Gasteiger partial charge in [0.25, 0.3) is 0 Å². The fourth-order valence-electron chi connectivity index (χ4n) is 12.0. The van der Waals surface area contributed by atoms with Crippen molar-refractivity contribution in [2.45, 2.75) is 0 Å². The summed E-state index contributed by atoms with van der Waals surface area (Å²) in [5, 5.41) is 9.38. The van der Waals surface area contributed by atoms with Gasteiger partial charge in [0.2, 0.25) is 0 Å². The first-order chi connectivity index (χ1) is 37.6. The molecule has 0 saturated heterocycles. The molecule has 0 aliphatic rings. The molecule has 0 spiro atoms. The van der Waals surface area contributed by atoms with E-state index in [1.54, 1.807) is 0 Å². The number of hydrogen-bond donors (Lipinski definition) is 0. The van der Waals surface area contributed by atoms with Crippen LogP contribution in [0, 0.1) is 0 Å². The molecule has 16 rings (SSSR count). The van der Waals surface area contributed by atoms with Gasteiger partial charge in [0.05, 0.1) is 22.1 Å². The Hall–Kier alpha value is -10.2. The lowest BCUT2D eigenvalue weighted by Crippen LogP contribution is -1.95.